The summed E-state index contributed by atoms with van der Waals surface area (Å²) in [6.07, 6.45) is 1.72. The molecule has 0 spiro atoms. The molecule has 4 aromatic rings. The second-order valence-electron chi connectivity index (χ2n) is 9.93. The molecule has 0 aliphatic carbocycles. The summed E-state index contributed by atoms with van der Waals surface area (Å²) in [7, 11) is 0. The molecule has 176 valence electrons. The summed E-state index contributed by atoms with van der Waals surface area (Å²) in [4.78, 5) is 10.4. The normalized spacial score (nSPS) is 11.9. The van der Waals surface area contributed by atoms with Crippen molar-refractivity contribution in [1.82, 2.24) is 9.97 Å². The largest absolute Gasteiger partial charge is 0.437 e. The van der Waals surface area contributed by atoms with Gasteiger partial charge in [0.15, 0.2) is 5.13 Å². The quantitative estimate of drug-likeness (QED) is 0.295. The van der Waals surface area contributed by atoms with Gasteiger partial charge in [0.25, 0.3) is 0 Å². The van der Waals surface area contributed by atoms with Gasteiger partial charge in [-0.25, -0.2) is 9.97 Å². The fourth-order valence-corrected chi connectivity index (χ4v) is 4.82. The third-order valence-corrected chi connectivity index (χ3v) is 6.63. The van der Waals surface area contributed by atoms with Crippen molar-refractivity contribution in [3.05, 3.63) is 84.2 Å². The predicted octanol–water partition coefficient (Wildman–Crippen LogP) is 7.31. The van der Waals surface area contributed by atoms with Crippen LogP contribution in [0.15, 0.2) is 72.9 Å². The lowest BCUT2D eigenvalue weighted by molar-refractivity contribution is 0.216. The number of thiazole rings is 1. The van der Waals surface area contributed by atoms with Gasteiger partial charge in [-0.3, -0.25) is 0 Å². The number of rotatable bonds is 7. The number of para-hydroxylation sites is 1. The minimum absolute atomic E-state index is 0.000841. The molecule has 0 aliphatic heterocycles. The Morgan fingerprint density at radius 1 is 0.912 bits per heavy atom. The molecule has 6 heteroatoms. The van der Waals surface area contributed by atoms with Gasteiger partial charge in [0.05, 0.1) is 17.2 Å². The molecule has 0 bridgehead atoms. The monoisotopic (exact) mass is 473 g/mol. The number of benzene rings is 2. The first-order chi connectivity index (χ1) is 16.2. The van der Waals surface area contributed by atoms with Crippen molar-refractivity contribution in [2.24, 2.45) is 0 Å². The average molecular weight is 474 g/mol. The van der Waals surface area contributed by atoms with Gasteiger partial charge >= 0.3 is 0 Å². The van der Waals surface area contributed by atoms with Crippen molar-refractivity contribution in [2.75, 3.05) is 11.9 Å². The predicted molar refractivity (Wildman–Crippen MR) is 140 cm³/mol. The first-order valence-corrected chi connectivity index (χ1v) is 12.2. The van der Waals surface area contributed by atoms with E-state index in [9.17, 15) is 5.11 Å². The Labute approximate surface area is 205 Å². The highest BCUT2D eigenvalue weighted by Gasteiger charge is 2.28. The highest BCUT2D eigenvalue weighted by atomic mass is 32.1. The van der Waals surface area contributed by atoms with E-state index in [0.717, 1.165) is 38.3 Å². The molecule has 34 heavy (non-hydrogen) atoms. The summed E-state index contributed by atoms with van der Waals surface area (Å²) in [5, 5.41) is 14.2. The number of hydrogen-bond acceptors (Lipinski definition) is 6. The van der Waals surface area contributed by atoms with Crippen molar-refractivity contribution in [1.29, 1.82) is 0 Å². The van der Waals surface area contributed by atoms with Crippen LogP contribution in [-0.2, 0) is 10.8 Å². The highest BCUT2D eigenvalue weighted by Crippen LogP contribution is 2.41. The summed E-state index contributed by atoms with van der Waals surface area (Å²) < 4.78 is 6.31. The molecular formula is C28H31N3O2S. The van der Waals surface area contributed by atoms with Gasteiger partial charge in [0.2, 0.25) is 5.88 Å². The van der Waals surface area contributed by atoms with E-state index in [4.69, 9.17) is 9.72 Å². The zero-order valence-electron chi connectivity index (χ0n) is 20.3. The standard InChI is InChI=1S/C28H31N3O2S/c1-27(2,3)20-14-9-10-16-22(20)33-25-21(15-11-17-29-25)30-26-31-24(28(4,5)18-32)23(34-26)19-12-7-6-8-13-19/h6-17,32H,18H2,1-5H3,(H,30,31). The molecule has 2 N–H and O–H groups in total. The van der Waals surface area contributed by atoms with Crippen molar-refractivity contribution < 1.29 is 9.84 Å². The number of aliphatic hydroxyl groups excluding tert-OH is 1. The average Bonchev–Trinajstić information content (AvgIpc) is 3.25. The van der Waals surface area contributed by atoms with E-state index in [2.05, 4.69) is 49.3 Å². The molecule has 0 aliphatic rings. The van der Waals surface area contributed by atoms with Gasteiger partial charge in [-0.05, 0) is 29.2 Å². The van der Waals surface area contributed by atoms with Crippen LogP contribution < -0.4 is 10.1 Å². The molecule has 0 unspecified atom stereocenters. The van der Waals surface area contributed by atoms with Crippen LogP contribution in [0.4, 0.5) is 10.8 Å². The van der Waals surface area contributed by atoms with Crippen LogP contribution in [0.5, 0.6) is 11.6 Å². The lowest BCUT2D eigenvalue weighted by atomic mass is 9.86. The number of aliphatic hydroxyl groups is 1. The third kappa shape index (κ3) is 5.13. The second kappa shape index (κ2) is 9.57. The fourth-order valence-electron chi connectivity index (χ4n) is 3.65. The lowest BCUT2D eigenvalue weighted by Gasteiger charge is -2.22. The van der Waals surface area contributed by atoms with Crippen LogP contribution in [0, 0.1) is 0 Å². The third-order valence-electron chi connectivity index (χ3n) is 5.61. The maximum Gasteiger partial charge on any atom is 0.243 e. The molecule has 2 aromatic heterocycles. The van der Waals surface area contributed by atoms with E-state index in [1.807, 2.05) is 62.4 Å². The number of nitrogens with one attached hydrogen (secondary N) is 1. The summed E-state index contributed by atoms with van der Waals surface area (Å²) in [6, 6.07) is 22.0. The van der Waals surface area contributed by atoms with Gasteiger partial charge in [-0.2, -0.15) is 0 Å². The second-order valence-corrected chi connectivity index (χ2v) is 10.9. The van der Waals surface area contributed by atoms with E-state index in [-0.39, 0.29) is 12.0 Å². The Morgan fingerprint density at radius 3 is 2.32 bits per heavy atom. The number of nitrogens with zero attached hydrogens (tertiary/aromatic N) is 2. The van der Waals surface area contributed by atoms with E-state index < -0.39 is 5.41 Å². The number of aromatic nitrogens is 2. The number of pyridine rings is 1. The van der Waals surface area contributed by atoms with Crippen LogP contribution in [0.3, 0.4) is 0 Å². The maximum absolute atomic E-state index is 10.0. The van der Waals surface area contributed by atoms with Crippen molar-refractivity contribution in [3.63, 3.8) is 0 Å². The maximum atomic E-state index is 10.0. The minimum Gasteiger partial charge on any atom is -0.437 e. The van der Waals surface area contributed by atoms with Crippen LogP contribution in [0.25, 0.3) is 10.4 Å². The van der Waals surface area contributed by atoms with E-state index >= 15 is 0 Å². The topological polar surface area (TPSA) is 67.3 Å². The number of hydrogen-bond donors (Lipinski definition) is 2. The molecule has 4 rings (SSSR count). The van der Waals surface area contributed by atoms with Gasteiger partial charge in [-0.15, -0.1) is 0 Å². The zero-order valence-corrected chi connectivity index (χ0v) is 21.1. The Hall–Kier alpha value is -3.22. The zero-order chi connectivity index (χ0) is 24.3. The summed E-state index contributed by atoms with van der Waals surface area (Å²) in [6.45, 7) is 10.5. The van der Waals surface area contributed by atoms with Crippen LogP contribution in [-0.4, -0.2) is 21.7 Å². The molecule has 0 saturated heterocycles. The SMILES string of the molecule is CC(C)(C)c1ccccc1Oc1ncccc1Nc1nc(C(C)(C)CO)c(-c2ccccc2)s1. The van der Waals surface area contributed by atoms with Gasteiger partial charge < -0.3 is 15.2 Å². The number of anilines is 2. The van der Waals surface area contributed by atoms with Gasteiger partial charge in [0.1, 0.15) is 11.4 Å². The van der Waals surface area contributed by atoms with Gasteiger partial charge in [0, 0.05) is 17.2 Å². The fraction of sp³-hybridized carbons (Fsp3) is 0.286. The van der Waals surface area contributed by atoms with Crippen LogP contribution >= 0.6 is 11.3 Å². The van der Waals surface area contributed by atoms with E-state index in [1.165, 1.54) is 0 Å². The first kappa shape index (κ1) is 23.9. The van der Waals surface area contributed by atoms with E-state index in [0.29, 0.717) is 5.88 Å². The molecular weight excluding hydrogens is 442 g/mol. The molecule has 2 heterocycles. The Balaban J connectivity index is 1.71. The van der Waals surface area contributed by atoms with Crippen LogP contribution in [0.1, 0.15) is 45.9 Å². The Morgan fingerprint density at radius 2 is 1.62 bits per heavy atom. The van der Waals surface area contributed by atoms with E-state index in [1.54, 1.807) is 17.5 Å². The summed E-state index contributed by atoms with van der Waals surface area (Å²) in [5.41, 5.74) is 3.22. The Kier molecular flexibility index (Phi) is 6.73. The summed E-state index contributed by atoms with van der Waals surface area (Å²) in [5.74, 6) is 1.27. The van der Waals surface area contributed by atoms with Crippen molar-refractivity contribution in [2.45, 2.75) is 45.4 Å². The summed E-state index contributed by atoms with van der Waals surface area (Å²) >= 11 is 1.56. The minimum atomic E-state index is -0.485. The Bertz CT molecular complexity index is 1260. The highest BCUT2D eigenvalue weighted by molar-refractivity contribution is 7.19. The van der Waals surface area contributed by atoms with Crippen LogP contribution in [0.2, 0.25) is 0 Å². The molecule has 2 aromatic carbocycles. The molecule has 0 fully saturated rings. The van der Waals surface area contributed by atoms with Crippen molar-refractivity contribution in [3.8, 4) is 22.1 Å². The van der Waals surface area contributed by atoms with Gasteiger partial charge in [-0.1, -0.05) is 94.5 Å². The first-order valence-electron chi connectivity index (χ1n) is 11.4. The molecule has 0 radical (unpaired) electrons. The van der Waals surface area contributed by atoms with Crippen molar-refractivity contribution >= 4 is 22.2 Å². The lowest BCUT2D eigenvalue weighted by Crippen LogP contribution is -2.23. The number of ether oxygens (including phenoxy) is 1. The molecule has 5 nitrogen and oxygen atoms in total. The molecule has 0 amide bonds. The molecule has 0 saturated carbocycles. The smallest absolute Gasteiger partial charge is 0.243 e. The molecule has 0 atom stereocenters.